The minimum Gasteiger partial charge on any atom is -0.408 e. The Kier molecular flexibility index (Phi) is 8.45. The molecular formula is C39H41N2OSi2. The summed E-state index contributed by atoms with van der Waals surface area (Å²) in [6, 6.07) is 49.5. The summed E-state index contributed by atoms with van der Waals surface area (Å²) in [4.78, 5) is 4.51. The van der Waals surface area contributed by atoms with Gasteiger partial charge in [-0.3, -0.25) is 0 Å². The molecule has 0 spiro atoms. The maximum atomic E-state index is 7.73. The average Bonchev–Trinajstić information content (AvgIpc) is 3.04. The van der Waals surface area contributed by atoms with Gasteiger partial charge in [-0.1, -0.05) is 127 Å². The molecule has 6 aromatic rings. The number of fused-ring (bicyclic) bond motifs is 2. The largest absolute Gasteiger partial charge is 0.408 e. The van der Waals surface area contributed by atoms with Gasteiger partial charge in [-0.05, 0) is 52.3 Å². The second-order valence-corrected chi connectivity index (χ2v) is 20.3. The Bertz CT molecular complexity index is 1880. The van der Waals surface area contributed by atoms with E-state index in [0.717, 1.165) is 0 Å². The van der Waals surface area contributed by atoms with Crippen molar-refractivity contribution >= 4 is 69.8 Å². The molecule has 6 aromatic carbocycles. The zero-order chi connectivity index (χ0) is 30.8. The Hall–Kier alpha value is -4.17. The fraction of sp³-hybridized carbons (Fsp3) is 0.179. The highest BCUT2D eigenvalue weighted by atomic mass is 29.2. The summed E-state index contributed by atoms with van der Waals surface area (Å²) in [5, 5.41) is 10.6. The zero-order valence-electron chi connectivity index (χ0n) is 26.6. The van der Waals surface area contributed by atoms with Gasteiger partial charge in [0, 0.05) is 56.4 Å². The Morgan fingerprint density at radius 2 is 1.05 bits per heavy atom. The molecule has 5 heteroatoms. The van der Waals surface area contributed by atoms with Crippen molar-refractivity contribution in [3.05, 3.63) is 133 Å². The molecule has 1 radical (unpaired) electrons. The Balaban J connectivity index is 1.86. The minimum absolute atomic E-state index is 0.0238. The number of rotatable bonds is 9. The lowest BCUT2D eigenvalue weighted by Crippen LogP contribution is -2.79. The Labute approximate surface area is 264 Å². The lowest BCUT2D eigenvalue weighted by atomic mass is 10.1. The summed E-state index contributed by atoms with van der Waals surface area (Å²) in [6.07, 6.45) is 0.0238. The predicted molar refractivity (Wildman–Crippen MR) is 196 cm³/mol. The predicted octanol–water partition coefficient (Wildman–Crippen LogP) is 6.00. The molecular weight excluding hydrogens is 569 g/mol. The van der Waals surface area contributed by atoms with Crippen molar-refractivity contribution in [2.75, 3.05) is 38.0 Å². The maximum absolute atomic E-state index is 7.73. The molecule has 0 amide bonds. The second-order valence-electron chi connectivity index (χ2n) is 12.1. The van der Waals surface area contributed by atoms with Crippen LogP contribution in [0.5, 0.6) is 0 Å². The summed E-state index contributed by atoms with van der Waals surface area (Å²) in [5.74, 6) is 0. The Morgan fingerprint density at radius 1 is 0.545 bits per heavy atom. The van der Waals surface area contributed by atoms with Crippen LogP contribution >= 0.6 is 0 Å². The van der Waals surface area contributed by atoms with Crippen molar-refractivity contribution in [2.24, 2.45) is 0 Å². The molecule has 0 aliphatic rings. The van der Waals surface area contributed by atoms with Gasteiger partial charge in [-0.25, -0.2) is 0 Å². The highest BCUT2D eigenvalue weighted by Gasteiger charge is 2.52. The zero-order valence-corrected chi connectivity index (χ0v) is 28.6. The smallest absolute Gasteiger partial charge is 0.250 e. The molecule has 0 N–H and O–H groups in total. The minimum atomic E-state index is -3.08. The van der Waals surface area contributed by atoms with E-state index in [1.54, 1.807) is 0 Å². The molecule has 44 heavy (non-hydrogen) atoms. The fourth-order valence-electron chi connectivity index (χ4n) is 6.69. The van der Waals surface area contributed by atoms with Crippen molar-refractivity contribution in [3.63, 3.8) is 0 Å². The van der Waals surface area contributed by atoms with Crippen LogP contribution in [-0.2, 0) is 4.43 Å². The molecule has 221 valence electrons. The van der Waals surface area contributed by atoms with E-state index in [9.17, 15) is 0 Å². The van der Waals surface area contributed by atoms with Crippen LogP contribution in [0.3, 0.4) is 0 Å². The van der Waals surface area contributed by atoms with Crippen molar-refractivity contribution in [2.45, 2.75) is 20.0 Å². The van der Waals surface area contributed by atoms with Crippen molar-refractivity contribution in [1.82, 2.24) is 0 Å². The van der Waals surface area contributed by atoms with Crippen molar-refractivity contribution in [3.8, 4) is 0 Å². The summed E-state index contributed by atoms with van der Waals surface area (Å²) in [5.41, 5.74) is 2.46. The lowest BCUT2D eigenvalue weighted by Gasteiger charge is -2.42. The fourth-order valence-corrected chi connectivity index (χ4v) is 20.0. The molecule has 1 atom stereocenters. The third-order valence-corrected chi connectivity index (χ3v) is 19.9. The van der Waals surface area contributed by atoms with E-state index in [1.165, 1.54) is 53.7 Å². The first-order chi connectivity index (χ1) is 21.3. The second kappa shape index (κ2) is 12.4. The highest BCUT2D eigenvalue weighted by Crippen LogP contribution is 2.30. The summed E-state index contributed by atoms with van der Waals surface area (Å²) < 4.78 is 7.73. The van der Waals surface area contributed by atoms with Gasteiger partial charge in [-0.2, -0.15) is 0 Å². The van der Waals surface area contributed by atoms with Crippen LogP contribution in [0.15, 0.2) is 133 Å². The van der Waals surface area contributed by atoms with Crippen LogP contribution in [0.25, 0.3) is 21.5 Å². The maximum Gasteiger partial charge on any atom is 0.250 e. The number of anilines is 2. The van der Waals surface area contributed by atoms with Crippen LogP contribution < -0.4 is 30.5 Å². The van der Waals surface area contributed by atoms with Gasteiger partial charge in [0.25, 0.3) is 0 Å². The van der Waals surface area contributed by atoms with E-state index in [0.29, 0.717) is 0 Å². The summed E-state index contributed by atoms with van der Waals surface area (Å²) in [6.45, 7) is 4.42. The number of hydrogen-bond donors (Lipinski definition) is 0. The van der Waals surface area contributed by atoms with Crippen LogP contribution in [0.1, 0.15) is 13.8 Å². The quantitative estimate of drug-likeness (QED) is 0.187. The molecule has 0 heterocycles. The Morgan fingerprint density at radius 3 is 1.61 bits per heavy atom. The van der Waals surface area contributed by atoms with Gasteiger partial charge < -0.3 is 14.2 Å². The molecule has 0 bridgehead atoms. The topological polar surface area (TPSA) is 15.7 Å². The van der Waals surface area contributed by atoms with E-state index in [-0.39, 0.29) is 6.10 Å². The van der Waals surface area contributed by atoms with Crippen LogP contribution in [0.4, 0.5) is 11.4 Å². The van der Waals surface area contributed by atoms with E-state index in [1.807, 2.05) is 0 Å². The van der Waals surface area contributed by atoms with Gasteiger partial charge in [0.15, 0.2) is 8.31 Å². The molecule has 0 fully saturated rings. The van der Waals surface area contributed by atoms with Crippen LogP contribution in [-0.4, -0.2) is 50.4 Å². The summed E-state index contributed by atoms with van der Waals surface area (Å²) >= 11 is 0. The molecule has 3 nitrogen and oxygen atoms in total. The first kappa shape index (κ1) is 29.9. The third kappa shape index (κ3) is 5.25. The lowest BCUT2D eigenvalue weighted by molar-refractivity contribution is 0.248. The first-order valence-corrected chi connectivity index (χ1v) is 19.8. The molecule has 0 aliphatic carbocycles. The van der Waals surface area contributed by atoms with E-state index < -0.39 is 16.1 Å². The van der Waals surface area contributed by atoms with Crippen LogP contribution in [0.2, 0.25) is 0 Å². The highest BCUT2D eigenvalue weighted by molar-refractivity contribution is 7.49. The molecule has 0 aliphatic heterocycles. The SMILES string of the molecule is CC(C)O[Si@](c1ccccc1)(c1cccc2cccc(N(C)C)c12)[Si](c1ccccc1)c1cccc2cccc(N(C)C)c12. The monoisotopic (exact) mass is 609 g/mol. The van der Waals surface area contributed by atoms with E-state index >= 15 is 0 Å². The summed E-state index contributed by atoms with van der Waals surface area (Å²) in [7, 11) is 3.89. The van der Waals surface area contributed by atoms with Crippen molar-refractivity contribution < 1.29 is 4.43 Å². The number of nitrogens with zero attached hydrogens (tertiary/aromatic N) is 2. The average molecular weight is 610 g/mol. The number of hydrogen-bond acceptors (Lipinski definition) is 3. The molecule has 0 saturated carbocycles. The molecule has 0 unspecified atom stereocenters. The van der Waals surface area contributed by atoms with E-state index in [4.69, 9.17) is 4.43 Å². The third-order valence-electron chi connectivity index (χ3n) is 8.38. The van der Waals surface area contributed by atoms with Crippen LogP contribution in [0, 0.1) is 0 Å². The van der Waals surface area contributed by atoms with Gasteiger partial charge >= 0.3 is 0 Å². The van der Waals surface area contributed by atoms with E-state index in [2.05, 4.69) is 185 Å². The van der Waals surface area contributed by atoms with Gasteiger partial charge in [0.2, 0.25) is 7.83 Å². The standard InChI is InChI=1S/C39H41N2OSi2/c1-29(2)42-44(33-23-11-8-12-24-33,37-28-16-20-31-18-14-26-35(39(31)37)41(5)6)43(32-21-9-7-10-22-32)36-27-15-19-30-17-13-25-34(38(30)36)40(3)4/h7-29H,1-6H3/t44-/m0/s1. The normalized spacial score (nSPS) is 13.0. The molecule has 6 rings (SSSR count). The van der Waals surface area contributed by atoms with Gasteiger partial charge in [-0.15, -0.1) is 0 Å². The molecule has 0 saturated heterocycles. The van der Waals surface area contributed by atoms with Crippen molar-refractivity contribution in [1.29, 1.82) is 0 Å². The van der Waals surface area contributed by atoms with Gasteiger partial charge in [0.1, 0.15) is 0 Å². The first-order valence-electron chi connectivity index (χ1n) is 15.4. The molecule has 0 aromatic heterocycles. The number of benzene rings is 6. The van der Waals surface area contributed by atoms with Gasteiger partial charge in [0.05, 0.1) is 0 Å².